The minimum atomic E-state index is 0.139. The van der Waals surface area contributed by atoms with Gasteiger partial charge in [-0.05, 0) is 73.8 Å². The molecule has 2 aliphatic rings. The fraction of sp³-hybridized carbons (Fsp3) is 0.435. The highest BCUT2D eigenvalue weighted by molar-refractivity contribution is 6.31. The fourth-order valence-corrected chi connectivity index (χ4v) is 5.13. The average molecular weight is 402 g/mol. The molecule has 1 atom stereocenters. The summed E-state index contributed by atoms with van der Waals surface area (Å²) in [6, 6.07) is 16.3. The van der Waals surface area contributed by atoms with Crippen LogP contribution < -0.4 is 0 Å². The first-order chi connectivity index (χ1) is 13.1. The molecule has 0 spiro atoms. The lowest BCUT2D eigenvalue weighted by Crippen LogP contribution is -2.37. The molecule has 4 heteroatoms. The zero-order valence-electron chi connectivity index (χ0n) is 15.4. The Kier molecular flexibility index (Phi) is 5.75. The maximum absolute atomic E-state index is 13.2. The van der Waals surface area contributed by atoms with E-state index in [0.717, 1.165) is 60.7 Å². The average Bonchev–Trinajstić information content (AvgIpc) is 3.18. The Morgan fingerprint density at radius 2 is 1.59 bits per heavy atom. The smallest absolute Gasteiger partial charge is 0.226 e. The van der Waals surface area contributed by atoms with Gasteiger partial charge in [-0.2, -0.15) is 0 Å². The van der Waals surface area contributed by atoms with Crippen molar-refractivity contribution in [3.05, 3.63) is 69.7 Å². The highest BCUT2D eigenvalue weighted by atomic mass is 35.5. The van der Waals surface area contributed by atoms with Crippen molar-refractivity contribution in [2.45, 2.75) is 50.5 Å². The van der Waals surface area contributed by atoms with Crippen LogP contribution in [0.5, 0.6) is 0 Å². The van der Waals surface area contributed by atoms with Gasteiger partial charge in [-0.25, -0.2) is 0 Å². The molecule has 0 aromatic heterocycles. The van der Waals surface area contributed by atoms with Gasteiger partial charge in [0.15, 0.2) is 0 Å². The predicted octanol–water partition coefficient (Wildman–Crippen LogP) is 6.63. The number of halogens is 2. The molecule has 0 bridgehead atoms. The number of benzene rings is 2. The van der Waals surface area contributed by atoms with Gasteiger partial charge >= 0.3 is 0 Å². The lowest BCUT2D eigenvalue weighted by atomic mass is 9.78. The number of amides is 1. The second-order valence-electron chi connectivity index (χ2n) is 7.81. The maximum Gasteiger partial charge on any atom is 0.226 e. The van der Waals surface area contributed by atoms with Crippen LogP contribution in [-0.2, 0) is 4.79 Å². The van der Waals surface area contributed by atoms with E-state index in [1.54, 1.807) is 0 Å². The van der Waals surface area contributed by atoms with E-state index < -0.39 is 0 Å². The summed E-state index contributed by atoms with van der Waals surface area (Å²) in [5, 5.41) is 1.55. The molecule has 4 rings (SSSR count). The zero-order chi connectivity index (χ0) is 18.8. The van der Waals surface area contributed by atoms with Crippen LogP contribution in [0, 0.1) is 5.92 Å². The largest absolute Gasteiger partial charge is 0.335 e. The van der Waals surface area contributed by atoms with E-state index in [2.05, 4.69) is 23.1 Å². The summed E-state index contributed by atoms with van der Waals surface area (Å²) >= 11 is 12.4. The zero-order valence-corrected chi connectivity index (χ0v) is 16.9. The Morgan fingerprint density at radius 1 is 0.889 bits per heavy atom. The molecule has 2 nitrogen and oxygen atoms in total. The third-order valence-corrected chi connectivity index (χ3v) is 6.81. The summed E-state index contributed by atoms with van der Waals surface area (Å²) in [6.45, 7) is 0.853. The first kappa shape index (κ1) is 18.8. The Bertz CT molecular complexity index is 796. The van der Waals surface area contributed by atoms with Gasteiger partial charge in [-0.1, -0.05) is 53.5 Å². The molecule has 1 saturated carbocycles. The SMILES string of the molecule is O=C(C1CCC(c2ccc(Cl)cc2)CC1)N1CCC[C@@H]1c1ccccc1Cl. The fourth-order valence-electron chi connectivity index (χ4n) is 4.74. The highest BCUT2D eigenvalue weighted by Crippen LogP contribution is 2.41. The predicted molar refractivity (Wildman–Crippen MR) is 111 cm³/mol. The molecule has 142 valence electrons. The number of carbonyl (C=O) groups is 1. The van der Waals surface area contributed by atoms with Crippen molar-refractivity contribution in [3.63, 3.8) is 0 Å². The summed E-state index contributed by atoms with van der Waals surface area (Å²) in [5.41, 5.74) is 2.44. The number of likely N-dealkylation sites (tertiary alicyclic amines) is 1. The molecule has 1 amide bonds. The molecule has 2 aromatic rings. The number of hydrogen-bond donors (Lipinski definition) is 0. The van der Waals surface area contributed by atoms with Crippen molar-refractivity contribution in [2.24, 2.45) is 5.92 Å². The maximum atomic E-state index is 13.2. The van der Waals surface area contributed by atoms with Crippen LogP contribution in [0.3, 0.4) is 0 Å². The van der Waals surface area contributed by atoms with Crippen LogP contribution in [0.1, 0.15) is 61.6 Å². The monoisotopic (exact) mass is 401 g/mol. The van der Waals surface area contributed by atoms with Crippen LogP contribution in [0.4, 0.5) is 0 Å². The quantitative estimate of drug-likeness (QED) is 0.564. The van der Waals surface area contributed by atoms with Gasteiger partial charge in [0, 0.05) is 22.5 Å². The summed E-state index contributed by atoms with van der Waals surface area (Å²) in [5.74, 6) is 1.02. The summed E-state index contributed by atoms with van der Waals surface area (Å²) in [6.07, 6.45) is 6.15. The number of hydrogen-bond acceptors (Lipinski definition) is 1. The molecule has 0 N–H and O–H groups in total. The molecule has 27 heavy (non-hydrogen) atoms. The third kappa shape index (κ3) is 4.02. The van der Waals surface area contributed by atoms with E-state index in [0.29, 0.717) is 11.8 Å². The number of nitrogens with zero attached hydrogens (tertiary/aromatic N) is 1. The minimum absolute atomic E-state index is 0.139. The van der Waals surface area contributed by atoms with E-state index in [9.17, 15) is 4.79 Å². The summed E-state index contributed by atoms with van der Waals surface area (Å²) < 4.78 is 0. The topological polar surface area (TPSA) is 20.3 Å². The summed E-state index contributed by atoms with van der Waals surface area (Å²) in [4.78, 5) is 15.3. The van der Waals surface area contributed by atoms with Gasteiger partial charge < -0.3 is 4.90 Å². The van der Waals surface area contributed by atoms with Crippen molar-refractivity contribution in [1.82, 2.24) is 4.90 Å². The van der Waals surface area contributed by atoms with Crippen molar-refractivity contribution < 1.29 is 4.79 Å². The second-order valence-corrected chi connectivity index (χ2v) is 8.65. The Morgan fingerprint density at radius 3 is 2.30 bits per heavy atom. The minimum Gasteiger partial charge on any atom is -0.335 e. The Balaban J connectivity index is 1.41. The molecular formula is C23H25Cl2NO. The van der Waals surface area contributed by atoms with Gasteiger partial charge in [-0.15, -0.1) is 0 Å². The molecule has 1 aliphatic heterocycles. The molecule has 2 fully saturated rings. The van der Waals surface area contributed by atoms with Crippen LogP contribution in [0.25, 0.3) is 0 Å². The van der Waals surface area contributed by atoms with Crippen LogP contribution >= 0.6 is 23.2 Å². The lowest BCUT2D eigenvalue weighted by molar-refractivity contribution is -0.137. The number of carbonyl (C=O) groups excluding carboxylic acids is 1. The van der Waals surface area contributed by atoms with Gasteiger partial charge in [0.05, 0.1) is 6.04 Å². The molecule has 2 aromatic carbocycles. The van der Waals surface area contributed by atoms with E-state index in [-0.39, 0.29) is 12.0 Å². The molecule has 0 unspecified atom stereocenters. The van der Waals surface area contributed by atoms with Crippen molar-refractivity contribution in [3.8, 4) is 0 Å². The van der Waals surface area contributed by atoms with E-state index in [1.807, 2.05) is 30.3 Å². The molecule has 1 heterocycles. The van der Waals surface area contributed by atoms with Crippen molar-refractivity contribution >= 4 is 29.1 Å². The van der Waals surface area contributed by atoms with Gasteiger partial charge in [-0.3, -0.25) is 4.79 Å². The van der Waals surface area contributed by atoms with Crippen LogP contribution in [0.15, 0.2) is 48.5 Å². The summed E-state index contributed by atoms with van der Waals surface area (Å²) in [7, 11) is 0. The van der Waals surface area contributed by atoms with Gasteiger partial charge in [0.2, 0.25) is 5.91 Å². The number of rotatable bonds is 3. The Labute approximate surface area is 171 Å². The van der Waals surface area contributed by atoms with E-state index in [1.165, 1.54) is 5.56 Å². The van der Waals surface area contributed by atoms with E-state index in [4.69, 9.17) is 23.2 Å². The van der Waals surface area contributed by atoms with Gasteiger partial charge in [0.1, 0.15) is 0 Å². The molecular weight excluding hydrogens is 377 g/mol. The van der Waals surface area contributed by atoms with E-state index >= 15 is 0 Å². The molecule has 0 radical (unpaired) electrons. The standard InChI is InChI=1S/C23H25Cl2NO/c24-19-13-11-17(12-14-19)16-7-9-18(10-8-16)23(27)26-15-3-6-22(26)20-4-1-2-5-21(20)25/h1-2,4-5,11-14,16,18,22H,3,6-10,15H2/t16?,18?,22-/m1/s1. The Hall–Kier alpha value is -1.51. The third-order valence-electron chi connectivity index (χ3n) is 6.22. The first-order valence-corrected chi connectivity index (χ1v) is 10.7. The van der Waals surface area contributed by atoms with Crippen LogP contribution in [0.2, 0.25) is 10.0 Å². The van der Waals surface area contributed by atoms with Crippen LogP contribution in [-0.4, -0.2) is 17.4 Å². The van der Waals surface area contributed by atoms with Gasteiger partial charge in [0.25, 0.3) is 0 Å². The first-order valence-electron chi connectivity index (χ1n) is 9.94. The second kappa shape index (κ2) is 8.24. The highest BCUT2D eigenvalue weighted by Gasteiger charge is 2.36. The van der Waals surface area contributed by atoms with Crippen molar-refractivity contribution in [1.29, 1.82) is 0 Å². The normalized spacial score (nSPS) is 25.6. The molecule has 1 saturated heterocycles. The molecule has 1 aliphatic carbocycles. The lowest BCUT2D eigenvalue weighted by Gasteiger charge is -2.33. The van der Waals surface area contributed by atoms with Crippen molar-refractivity contribution in [2.75, 3.05) is 6.54 Å².